The van der Waals surface area contributed by atoms with Gasteiger partial charge in [0.15, 0.2) is 0 Å². The van der Waals surface area contributed by atoms with Gasteiger partial charge >= 0.3 is 0 Å². The summed E-state index contributed by atoms with van der Waals surface area (Å²) in [5.41, 5.74) is 2.51. The summed E-state index contributed by atoms with van der Waals surface area (Å²) in [5, 5.41) is 8.65. The zero-order chi connectivity index (χ0) is 23.5. The Bertz CT molecular complexity index is 1090. The van der Waals surface area contributed by atoms with Gasteiger partial charge in [0, 0.05) is 24.2 Å². The lowest BCUT2D eigenvalue weighted by molar-refractivity contribution is -0.124. The fraction of sp³-hybridized carbons (Fsp3) is 0.375. The quantitative estimate of drug-likeness (QED) is 0.615. The number of benzene rings is 2. The molecule has 9 nitrogen and oxygen atoms in total. The van der Waals surface area contributed by atoms with Crippen molar-refractivity contribution in [1.82, 2.24) is 15.5 Å². The van der Waals surface area contributed by atoms with E-state index in [1.54, 1.807) is 44.4 Å². The molecular formula is C24H28N4O5. The molecule has 3 N–H and O–H groups in total. The Labute approximate surface area is 192 Å². The van der Waals surface area contributed by atoms with Gasteiger partial charge in [-0.25, -0.2) is 0 Å². The summed E-state index contributed by atoms with van der Waals surface area (Å²) in [6.45, 7) is 0.593. The molecule has 0 aliphatic carbocycles. The molecule has 3 amide bonds. The third-order valence-electron chi connectivity index (χ3n) is 6.10. The molecule has 2 atom stereocenters. The minimum atomic E-state index is -0.641. The molecule has 33 heavy (non-hydrogen) atoms. The molecule has 2 aromatic rings. The van der Waals surface area contributed by atoms with Gasteiger partial charge in [-0.3, -0.25) is 14.4 Å². The number of piperidine rings is 1. The molecule has 2 heterocycles. The van der Waals surface area contributed by atoms with E-state index in [2.05, 4.69) is 16.0 Å². The Morgan fingerprint density at radius 3 is 2.67 bits per heavy atom. The molecule has 0 aromatic heterocycles. The molecule has 1 saturated heterocycles. The maximum atomic E-state index is 13.5. The molecule has 0 saturated carbocycles. The number of methoxy groups -OCH3 is 2. The number of anilines is 1. The van der Waals surface area contributed by atoms with E-state index in [0.717, 1.165) is 11.1 Å². The van der Waals surface area contributed by atoms with Crippen LogP contribution in [0.2, 0.25) is 0 Å². The SMILES string of the molecule is CNCC(=O)N[C@@H]1CCN2C(=O)c3cc(-c4ccc(OC)cc4OC)ccc3NC(=O)[C@@H]2C1. The highest BCUT2D eigenvalue weighted by Crippen LogP contribution is 2.36. The van der Waals surface area contributed by atoms with Gasteiger partial charge in [0.2, 0.25) is 11.8 Å². The molecule has 2 aliphatic heterocycles. The normalized spacial score (nSPS) is 19.7. The van der Waals surface area contributed by atoms with E-state index >= 15 is 0 Å². The monoisotopic (exact) mass is 452 g/mol. The third-order valence-corrected chi connectivity index (χ3v) is 6.10. The number of likely N-dealkylation sites (N-methyl/N-ethyl adjacent to an activating group) is 1. The number of nitrogens with zero attached hydrogens (tertiary/aromatic N) is 1. The van der Waals surface area contributed by atoms with Gasteiger partial charge in [0.1, 0.15) is 17.5 Å². The van der Waals surface area contributed by atoms with Crippen LogP contribution in [-0.2, 0) is 9.59 Å². The van der Waals surface area contributed by atoms with Crippen LogP contribution in [0.15, 0.2) is 36.4 Å². The van der Waals surface area contributed by atoms with Crippen LogP contribution in [0, 0.1) is 0 Å². The number of carbonyl (C=O) groups excluding carboxylic acids is 3. The number of amides is 3. The number of rotatable bonds is 6. The molecule has 2 aromatic carbocycles. The Kier molecular flexibility index (Phi) is 6.50. The zero-order valence-electron chi connectivity index (χ0n) is 18.9. The van der Waals surface area contributed by atoms with Crippen molar-refractivity contribution in [2.75, 3.05) is 39.7 Å². The van der Waals surface area contributed by atoms with Crippen LogP contribution in [-0.4, -0.2) is 69.1 Å². The zero-order valence-corrected chi connectivity index (χ0v) is 18.9. The lowest BCUT2D eigenvalue weighted by atomic mass is 9.95. The van der Waals surface area contributed by atoms with E-state index < -0.39 is 6.04 Å². The first-order chi connectivity index (χ1) is 15.9. The Hall–Kier alpha value is -3.59. The van der Waals surface area contributed by atoms with Gasteiger partial charge < -0.3 is 30.3 Å². The van der Waals surface area contributed by atoms with Crippen LogP contribution in [0.25, 0.3) is 11.1 Å². The van der Waals surface area contributed by atoms with E-state index in [1.165, 1.54) is 0 Å². The van der Waals surface area contributed by atoms with Gasteiger partial charge in [-0.1, -0.05) is 6.07 Å². The van der Waals surface area contributed by atoms with Crippen LogP contribution in [0.3, 0.4) is 0 Å². The number of hydrogen-bond donors (Lipinski definition) is 3. The largest absolute Gasteiger partial charge is 0.497 e. The van der Waals surface area contributed by atoms with Crippen molar-refractivity contribution in [3.63, 3.8) is 0 Å². The molecule has 4 rings (SSSR count). The number of fused-ring (bicyclic) bond motifs is 2. The van der Waals surface area contributed by atoms with Crippen molar-refractivity contribution in [2.24, 2.45) is 0 Å². The minimum Gasteiger partial charge on any atom is -0.497 e. The number of nitrogens with one attached hydrogen (secondary N) is 3. The number of carbonyl (C=O) groups is 3. The van der Waals surface area contributed by atoms with Gasteiger partial charge in [-0.15, -0.1) is 0 Å². The van der Waals surface area contributed by atoms with Crippen LogP contribution < -0.4 is 25.4 Å². The third kappa shape index (κ3) is 4.49. The first-order valence-corrected chi connectivity index (χ1v) is 10.9. The summed E-state index contributed by atoms with van der Waals surface area (Å²) >= 11 is 0. The number of hydrogen-bond acceptors (Lipinski definition) is 6. The minimum absolute atomic E-state index is 0.127. The molecule has 1 fully saturated rings. The summed E-state index contributed by atoms with van der Waals surface area (Å²) < 4.78 is 10.8. The van der Waals surface area contributed by atoms with Crippen molar-refractivity contribution in [2.45, 2.75) is 24.9 Å². The maximum absolute atomic E-state index is 13.5. The summed E-state index contributed by atoms with van der Waals surface area (Å²) in [6, 6.07) is 10.1. The smallest absolute Gasteiger partial charge is 0.256 e. The first kappa shape index (κ1) is 22.6. The fourth-order valence-electron chi connectivity index (χ4n) is 4.43. The molecule has 174 valence electrons. The van der Waals surface area contributed by atoms with Crippen LogP contribution in [0.1, 0.15) is 23.2 Å². The highest BCUT2D eigenvalue weighted by Gasteiger charge is 2.40. The lowest BCUT2D eigenvalue weighted by Gasteiger charge is -2.37. The van der Waals surface area contributed by atoms with Crippen molar-refractivity contribution in [1.29, 1.82) is 0 Å². The van der Waals surface area contributed by atoms with Gasteiger partial charge in [-0.2, -0.15) is 0 Å². The average molecular weight is 453 g/mol. The summed E-state index contributed by atoms with van der Waals surface area (Å²) in [6.07, 6.45) is 0.965. The summed E-state index contributed by atoms with van der Waals surface area (Å²) in [7, 11) is 4.87. The van der Waals surface area contributed by atoms with E-state index in [4.69, 9.17) is 9.47 Å². The molecule has 0 unspecified atom stereocenters. The van der Waals surface area contributed by atoms with Crippen molar-refractivity contribution in [3.8, 4) is 22.6 Å². The van der Waals surface area contributed by atoms with Crippen molar-refractivity contribution >= 4 is 23.4 Å². The van der Waals surface area contributed by atoms with E-state index in [0.29, 0.717) is 42.1 Å². The van der Waals surface area contributed by atoms with Crippen molar-refractivity contribution < 1.29 is 23.9 Å². The van der Waals surface area contributed by atoms with Crippen LogP contribution >= 0.6 is 0 Å². The van der Waals surface area contributed by atoms with E-state index in [-0.39, 0.29) is 30.3 Å². The first-order valence-electron chi connectivity index (χ1n) is 10.9. The summed E-state index contributed by atoms with van der Waals surface area (Å²) in [5.74, 6) is 0.710. The molecule has 0 spiro atoms. The Balaban J connectivity index is 1.62. The predicted octanol–water partition coefficient (Wildman–Crippen LogP) is 1.63. The van der Waals surface area contributed by atoms with Crippen molar-refractivity contribution in [3.05, 3.63) is 42.0 Å². The fourth-order valence-corrected chi connectivity index (χ4v) is 4.43. The van der Waals surface area contributed by atoms with E-state index in [1.807, 2.05) is 18.2 Å². The second-order valence-electron chi connectivity index (χ2n) is 8.15. The Morgan fingerprint density at radius 2 is 1.94 bits per heavy atom. The van der Waals surface area contributed by atoms with Gasteiger partial charge in [0.05, 0.1) is 32.0 Å². The topological polar surface area (TPSA) is 109 Å². The standard InChI is InChI=1S/C24H28N4O5/c1-25-13-22(29)26-15-8-9-28-20(11-15)23(30)27-19-7-4-14(10-18(19)24(28)31)17-6-5-16(32-2)12-21(17)33-3/h4-7,10,12,15,20,25H,8-9,11,13H2,1-3H3,(H,26,29)(H,27,30)/t15-,20+/m1/s1. The molecule has 9 heteroatoms. The average Bonchev–Trinajstić information content (AvgIpc) is 2.92. The highest BCUT2D eigenvalue weighted by molar-refractivity contribution is 6.10. The second-order valence-corrected chi connectivity index (χ2v) is 8.15. The van der Waals surface area contributed by atoms with E-state index in [9.17, 15) is 14.4 Å². The number of ether oxygens (including phenoxy) is 2. The highest BCUT2D eigenvalue weighted by atomic mass is 16.5. The molecular weight excluding hydrogens is 424 g/mol. The molecule has 0 bridgehead atoms. The van der Waals surface area contributed by atoms with Gasteiger partial charge in [-0.05, 0) is 49.7 Å². The lowest BCUT2D eigenvalue weighted by Crippen LogP contribution is -2.55. The second kappa shape index (κ2) is 9.50. The predicted molar refractivity (Wildman–Crippen MR) is 124 cm³/mol. The van der Waals surface area contributed by atoms with Gasteiger partial charge in [0.25, 0.3) is 5.91 Å². The Morgan fingerprint density at radius 1 is 1.12 bits per heavy atom. The maximum Gasteiger partial charge on any atom is 0.256 e. The molecule has 2 aliphatic rings. The van der Waals surface area contributed by atoms with Crippen LogP contribution in [0.5, 0.6) is 11.5 Å². The van der Waals surface area contributed by atoms with Crippen LogP contribution in [0.4, 0.5) is 5.69 Å². The summed E-state index contributed by atoms with van der Waals surface area (Å²) in [4.78, 5) is 40.0. The molecule has 0 radical (unpaired) electrons.